The van der Waals surface area contributed by atoms with E-state index in [1.165, 1.54) is 42.0 Å². The molecule has 2 aromatic rings. The number of β-lactam (4-membered cyclic amide) rings is 1. The van der Waals surface area contributed by atoms with Gasteiger partial charge in [0.2, 0.25) is 10.8 Å². The SMILES string of the molecule is COc1cccc(CC(=O)NC2(Sc3ccccc3[N+](=O)[O-])C(=O)N3[C@@H](C(=O)O)C(C)(C)S[C@@H]32)c1. The Morgan fingerprint density at radius 2 is 1.97 bits per heavy atom. The Morgan fingerprint density at radius 3 is 2.63 bits per heavy atom. The minimum atomic E-state index is -1.60. The van der Waals surface area contributed by atoms with E-state index in [-0.39, 0.29) is 17.0 Å². The molecule has 2 N–H and O–H groups in total. The van der Waals surface area contributed by atoms with Gasteiger partial charge in [-0.25, -0.2) is 4.79 Å². The number of thioether (sulfide) groups is 2. The zero-order chi connectivity index (χ0) is 25.5. The largest absolute Gasteiger partial charge is 0.497 e. The third kappa shape index (κ3) is 4.31. The van der Waals surface area contributed by atoms with Gasteiger partial charge < -0.3 is 20.1 Å². The number of rotatable bonds is 8. The summed E-state index contributed by atoms with van der Waals surface area (Å²) in [6, 6.07) is 11.8. The number of ether oxygens (including phenoxy) is 1. The van der Waals surface area contributed by atoms with Crippen molar-refractivity contribution in [2.75, 3.05) is 7.11 Å². The summed E-state index contributed by atoms with van der Waals surface area (Å²) in [5.74, 6) is -1.66. The number of fused-ring (bicyclic) bond motifs is 1. The Hall–Kier alpha value is -3.25. The van der Waals surface area contributed by atoms with E-state index in [1.54, 1.807) is 44.2 Å². The second-order valence-electron chi connectivity index (χ2n) is 8.67. The number of carbonyl (C=O) groups is 3. The topological polar surface area (TPSA) is 139 Å². The second kappa shape index (κ2) is 9.08. The highest BCUT2D eigenvalue weighted by Crippen LogP contribution is 2.60. The van der Waals surface area contributed by atoms with Crippen molar-refractivity contribution < 1.29 is 29.2 Å². The Bertz CT molecular complexity index is 1220. The molecule has 0 spiro atoms. The predicted octanol–water partition coefficient (Wildman–Crippen LogP) is 2.90. The van der Waals surface area contributed by atoms with Gasteiger partial charge in [0.05, 0.1) is 23.3 Å². The minimum absolute atomic E-state index is 0.0627. The molecule has 1 unspecified atom stereocenters. The normalized spacial score (nSPS) is 24.3. The lowest BCUT2D eigenvalue weighted by molar-refractivity contribution is -0.387. The number of carboxylic acid groups (broad SMARTS) is 1. The molecule has 0 bridgehead atoms. The highest BCUT2D eigenvalue weighted by atomic mass is 32.2. The summed E-state index contributed by atoms with van der Waals surface area (Å²) >= 11 is 2.13. The molecule has 2 heterocycles. The van der Waals surface area contributed by atoms with E-state index in [1.807, 2.05) is 0 Å². The van der Waals surface area contributed by atoms with Gasteiger partial charge in [0, 0.05) is 10.8 Å². The first-order valence-corrected chi connectivity index (χ1v) is 12.3. The molecular weight excluding hydrogens is 494 g/mol. The molecule has 0 aromatic heterocycles. The van der Waals surface area contributed by atoms with E-state index in [9.17, 15) is 29.6 Å². The van der Waals surface area contributed by atoms with Gasteiger partial charge in [0.25, 0.3) is 11.6 Å². The van der Waals surface area contributed by atoms with Gasteiger partial charge in [0.1, 0.15) is 17.2 Å². The van der Waals surface area contributed by atoms with Crippen LogP contribution in [0.15, 0.2) is 53.4 Å². The average Bonchev–Trinajstić information content (AvgIpc) is 3.08. The Labute approximate surface area is 209 Å². The van der Waals surface area contributed by atoms with Crippen molar-refractivity contribution in [1.82, 2.24) is 10.2 Å². The van der Waals surface area contributed by atoms with Crippen LogP contribution < -0.4 is 10.1 Å². The number of nitrogens with zero attached hydrogens (tertiary/aromatic N) is 2. The summed E-state index contributed by atoms with van der Waals surface area (Å²) in [6.07, 6.45) is -0.0627. The number of nitro benzene ring substituents is 1. The first-order chi connectivity index (χ1) is 16.5. The summed E-state index contributed by atoms with van der Waals surface area (Å²) < 4.78 is 4.36. The van der Waals surface area contributed by atoms with E-state index in [0.29, 0.717) is 11.3 Å². The fourth-order valence-electron chi connectivity index (χ4n) is 4.35. The smallest absolute Gasteiger partial charge is 0.327 e. The van der Waals surface area contributed by atoms with Crippen molar-refractivity contribution in [3.8, 4) is 5.75 Å². The Morgan fingerprint density at radius 1 is 1.26 bits per heavy atom. The number of amides is 2. The van der Waals surface area contributed by atoms with Crippen LogP contribution in [0.5, 0.6) is 5.75 Å². The molecule has 0 aliphatic carbocycles. The van der Waals surface area contributed by atoms with Crippen LogP contribution in [0.4, 0.5) is 5.69 Å². The third-order valence-corrected chi connectivity index (χ3v) is 9.07. The number of nitrogens with one attached hydrogen (secondary N) is 1. The standard InChI is InChI=1S/C23H23N3O7S2/c1-22(2)18(19(28)29)25-20(30)23(21(25)35-22,34-16-10-5-4-9-15(16)26(31)32)24-17(27)12-13-7-6-8-14(11-13)33-3/h4-11,18,21H,12H2,1-3H3,(H,24,27)(H,28,29)/t18-,21+,23?/m0/s1. The van der Waals surface area contributed by atoms with Crippen LogP contribution in [0.1, 0.15) is 19.4 Å². The van der Waals surface area contributed by atoms with Gasteiger partial charge in [-0.2, -0.15) is 0 Å². The molecule has 35 heavy (non-hydrogen) atoms. The number of benzene rings is 2. The molecule has 2 amide bonds. The number of hydrogen-bond donors (Lipinski definition) is 2. The molecule has 12 heteroatoms. The van der Waals surface area contributed by atoms with Crippen LogP contribution in [0.2, 0.25) is 0 Å². The number of para-hydroxylation sites is 1. The maximum atomic E-state index is 13.6. The maximum absolute atomic E-state index is 13.6. The van der Waals surface area contributed by atoms with Gasteiger partial charge >= 0.3 is 5.97 Å². The van der Waals surface area contributed by atoms with Gasteiger partial charge in [-0.1, -0.05) is 36.0 Å². The summed E-state index contributed by atoms with van der Waals surface area (Å²) in [4.78, 5) is 49.6. The second-order valence-corrected chi connectivity index (χ2v) is 11.7. The number of nitro groups is 1. The van der Waals surface area contributed by atoms with Crippen molar-refractivity contribution in [3.63, 3.8) is 0 Å². The van der Waals surface area contributed by atoms with Crippen molar-refractivity contribution in [1.29, 1.82) is 0 Å². The molecule has 2 fully saturated rings. The Balaban J connectivity index is 1.70. The summed E-state index contributed by atoms with van der Waals surface area (Å²) in [7, 11) is 1.51. The molecule has 10 nitrogen and oxygen atoms in total. The van der Waals surface area contributed by atoms with Crippen molar-refractivity contribution in [3.05, 3.63) is 64.2 Å². The lowest BCUT2D eigenvalue weighted by Gasteiger charge is -2.52. The van der Waals surface area contributed by atoms with E-state index < -0.39 is 43.7 Å². The first-order valence-electron chi connectivity index (χ1n) is 10.6. The van der Waals surface area contributed by atoms with Gasteiger partial charge in [-0.05, 0) is 37.6 Å². The highest BCUT2D eigenvalue weighted by Gasteiger charge is 2.73. The van der Waals surface area contributed by atoms with Crippen molar-refractivity contribution >= 4 is 47.0 Å². The molecule has 2 aromatic carbocycles. The number of hydrogen-bond acceptors (Lipinski definition) is 8. The first kappa shape index (κ1) is 24.9. The molecule has 184 valence electrons. The monoisotopic (exact) mass is 517 g/mol. The average molecular weight is 518 g/mol. The third-order valence-electron chi connectivity index (χ3n) is 5.90. The number of carbonyl (C=O) groups excluding carboxylic acids is 2. The van der Waals surface area contributed by atoms with E-state index in [2.05, 4.69) is 5.32 Å². The zero-order valence-corrected chi connectivity index (χ0v) is 20.7. The Kier molecular flexibility index (Phi) is 6.45. The molecular formula is C23H23N3O7S2. The summed E-state index contributed by atoms with van der Waals surface area (Å²) in [5.41, 5.74) is 0.446. The highest BCUT2D eigenvalue weighted by molar-refractivity contribution is 8.06. The van der Waals surface area contributed by atoms with Gasteiger partial charge in [-0.15, -0.1) is 11.8 Å². The molecule has 3 atom stereocenters. The van der Waals surface area contributed by atoms with Gasteiger partial charge in [0.15, 0.2) is 0 Å². The zero-order valence-electron chi connectivity index (χ0n) is 19.1. The van der Waals surface area contributed by atoms with Crippen LogP contribution in [0, 0.1) is 10.1 Å². The molecule has 2 aliphatic rings. The quantitative estimate of drug-likeness (QED) is 0.234. The maximum Gasteiger partial charge on any atom is 0.327 e. The van der Waals surface area contributed by atoms with Crippen molar-refractivity contribution in [2.45, 2.75) is 46.2 Å². The van der Waals surface area contributed by atoms with E-state index in [0.717, 1.165) is 11.8 Å². The molecule has 0 radical (unpaired) electrons. The minimum Gasteiger partial charge on any atom is -0.497 e. The van der Waals surface area contributed by atoms with Crippen molar-refractivity contribution in [2.24, 2.45) is 0 Å². The molecule has 0 saturated carbocycles. The van der Waals surface area contributed by atoms with Crippen LogP contribution in [0.3, 0.4) is 0 Å². The van der Waals surface area contributed by atoms with Crippen LogP contribution in [-0.2, 0) is 20.8 Å². The van der Waals surface area contributed by atoms with Gasteiger partial charge in [-0.3, -0.25) is 19.7 Å². The van der Waals surface area contributed by atoms with E-state index >= 15 is 0 Å². The van der Waals surface area contributed by atoms with Crippen LogP contribution >= 0.6 is 23.5 Å². The predicted molar refractivity (Wildman–Crippen MR) is 130 cm³/mol. The fourth-order valence-corrected chi connectivity index (χ4v) is 7.53. The molecule has 2 saturated heterocycles. The molecule has 4 rings (SSSR count). The summed E-state index contributed by atoms with van der Waals surface area (Å²) in [6.45, 7) is 3.45. The number of carboxylic acids is 1. The number of methoxy groups -OCH3 is 1. The van der Waals surface area contributed by atoms with E-state index in [4.69, 9.17) is 4.74 Å². The fraction of sp³-hybridized carbons (Fsp3) is 0.348. The molecule has 2 aliphatic heterocycles. The summed E-state index contributed by atoms with van der Waals surface area (Å²) in [5, 5.41) is 23.5. The lowest BCUT2D eigenvalue weighted by Crippen LogP contribution is -2.78. The van der Waals surface area contributed by atoms with Crippen LogP contribution in [0.25, 0.3) is 0 Å². The lowest BCUT2D eigenvalue weighted by atomic mass is 9.95. The number of aliphatic carboxylic acids is 1. The van der Waals surface area contributed by atoms with Crippen LogP contribution in [-0.4, -0.2) is 60.9 Å².